The van der Waals surface area contributed by atoms with Crippen molar-refractivity contribution >= 4 is 43.3 Å². The van der Waals surface area contributed by atoms with Crippen LogP contribution in [-0.2, 0) is 14.8 Å². The molecule has 0 radical (unpaired) electrons. The molecule has 1 aromatic carbocycles. The minimum atomic E-state index is -3.65. The number of benzene rings is 1. The third kappa shape index (κ3) is 5.26. The number of amides is 1. The Morgan fingerprint density at radius 3 is 2.69 bits per heavy atom. The molecule has 0 spiro atoms. The summed E-state index contributed by atoms with van der Waals surface area (Å²) >= 11 is 3.48. The number of carbonyl (C=O) groups is 1. The van der Waals surface area contributed by atoms with Gasteiger partial charge in [0.1, 0.15) is 11.9 Å². The van der Waals surface area contributed by atoms with Crippen molar-refractivity contribution in [1.29, 1.82) is 0 Å². The fraction of sp³-hybridized carbons (Fsp3) is 0.458. The third-order valence-electron chi connectivity index (χ3n) is 6.80. The van der Waals surface area contributed by atoms with E-state index < -0.39 is 16.1 Å². The third-order valence-corrected chi connectivity index (χ3v) is 8.18. The molecule has 0 aliphatic carbocycles. The average Bonchev–Trinajstić information content (AvgIpc) is 3.47. The van der Waals surface area contributed by atoms with E-state index in [2.05, 4.69) is 25.6 Å². The van der Waals surface area contributed by atoms with Gasteiger partial charge in [-0.25, -0.2) is 17.9 Å². The van der Waals surface area contributed by atoms with Crippen LogP contribution in [0.2, 0.25) is 0 Å². The van der Waals surface area contributed by atoms with E-state index in [4.69, 9.17) is 15.8 Å². The molecule has 2 saturated heterocycles. The molecule has 3 N–H and O–H groups in total. The Bertz CT molecular complexity index is 1380. The minimum Gasteiger partial charge on any atom is -0.354 e. The van der Waals surface area contributed by atoms with E-state index in [9.17, 15) is 13.2 Å². The van der Waals surface area contributed by atoms with Crippen LogP contribution in [0.5, 0.6) is 0 Å². The second-order valence-corrected chi connectivity index (χ2v) is 12.2. The normalized spacial score (nSPS) is 21.8. The lowest BCUT2D eigenvalue weighted by Gasteiger charge is -2.37. The van der Waals surface area contributed by atoms with Gasteiger partial charge in [0.25, 0.3) is 0 Å². The van der Waals surface area contributed by atoms with Gasteiger partial charge in [-0.1, -0.05) is 34.1 Å². The van der Waals surface area contributed by atoms with E-state index in [0.717, 1.165) is 56.5 Å². The Labute approximate surface area is 219 Å². The maximum absolute atomic E-state index is 13.9. The highest BCUT2D eigenvalue weighted by Crippen LogP contribution is 2.34. The summed E-state index contributed by atoms with van der Waals surface area (Å²) in [6.07, 6.45) is 6.42. The molecule has 192 valence electrons. The zero-order chi connectivity index (χ0) is 25.4. The van der Waals surface area contributed by atoms with Gasteiger partial charge in [0.15, 0.2) is 5.65 Å². The lowest BCUT2D eigenvalue weighted by atomic mass is 9.97. The Morgan fingerprint density at radius 1 is 1.17 bits per heavy atom. The molecule has 2 aromatic heterocycles. The molecule has 3 aromatic rings. The highest BCUT2D eigenvalue weighted by atomic mass is 79.9. The minimum absolute atomic E-state index is 0.154. The molecule has 1 unspecified atom stereocenters. The Kier molecular flexibility index (Phi) is 7.03. The standard InChI is InChI=1S/C24H30BrN7O3S/c1-36(34,35)29-23(17-6-2-3-7-18(17)25)24(33)31-12-5-4-8-20(31)19-15-32-21(27-19)9-10-22(28-32)30-13-11-16(26)14-30/h2-3,6-7,9-10,15-16,20,23,29H,4-5,8,11-14,26H2,1H3/t16-,20-,23?/m0/s1. The summed E-state index contributed by atoms with van der Waals surface area (Å²) in [6, 6.07) is 9.88. The summed E-state index contributed by atoms with van der Waals surface area (Å²) in [6.45, 7) is 2.17. The number of nitrogens with two attached hydrogens (primary N) is 1. The number of sulfonamides is 1. The fourth-order valence-electron chi connectivity index (χ4n) is 5.05. The molecule has 0 bridgehead atoms. The van der Waals surface area contributed by atoms with E-state index in [1.165, 1.54) is 0 Å². The number of aromatic nitrogens is 3. The number of nitrogens with zero attached hydrogens (tertiary/aromatic N) is 5. The average molecular weight is 577 g/mol. The molecule has 10 nitrogen and oxygen atoms in total. The zero-order valence-electron chi connectivity index (χ0n) is 20.0. The lowest BCUT2D eigenvalue weighted by molar-refractivity contribution is -0.137. The van der Waals surface area contributed by atoms with Gasteiger partial charge in [-0.3, -0.25) is 4.79 Å². The first-order chi connectivity index (χ1) is 17.2. The van der Waals surface area contributed by atoms with Crippen LogP contribution in [-0.4, -0.2) is 65.8 Å². The van der Waals surface area contributed by atoms with E-state index >= 15 is 0 Å². The van der Waals surface area contributed by atoms with Crippen molar-refractivity contribution in [2.45, 2.75) is 43.8 Å². The van der Waals surface area contributed by atoms with E-state index in [-0.39, 0.29) is 18.0 Å². The molecule has 3 atom stereocenters. The molecule has 12 heteroatoms. The first-order valence-corrected chi connectivity index (χ1v) is 14.8. The van der Waals surface area contributed by atoms with Crippen molar-refractivity contribution in [3.63, 3.8) is 0 Å². The van der Waals surface area contributed by atoms with Gasteiger partial charge in [0.05, 0.1) is 24.2 Å². The van der Waals surface area contributed by atoms with Crippen LogP contribution in [0, 0.1) is 0 Å². The summed E-state index contributed by atoms with van der Waals surface area (Å²) in [5.41, 5.74) is 8.08. The molecule has 4 heterocycles. The SMILES string of the molecule is CS(=O)(=O)NC(C(=O)N1CCCC[C@H]1c1cn2nc(N3CC[C@H](N)C3)ccc2n1)c1ccccc1Br. The number of halogens is 1. The molecule has 2 aliphatic rings. The van der Waals surface area contributed by atoms with Gasteiger partial charge < -0.3 is 15.5 Å². The van der Waals surface area contributed by atoms with Crippen molar-refractivity contribution < 1.29 is 13.2 Å². The molecule has 5 rings (SSSR count). The Hall–Kier alpha value is -2.54. The van der Waals surface area contributed by atoms with Gasteiger partial charge in [-0.15, -0.1) is 5.10 Å². The van der Waals surface area contributed by atoms with Gasteiger partial charge in [0.2, 0.25) is 15.9 Å². The quantitative estimate of drug-likeness (QED) is 0.462. The summed E-state index contributed by atoms with van der Waals surface area (Å²) in [5.74, 6) is 0.552. The van der Waals surface area contributed by atoms with Crippen molar-refractivity contribution in [2.24, 2.45) is 5.73 Å². The van der Waals surface area contributed by atoms with Crippen LogP contribution in [0.15, 0.2) is 47.1 Å². The second kappa shape index (κ2) is 10.1. The van der Waals surface area contributed by atoms with Crippen molar-refractivity contribution in [1.82, 2.24) is 24.2 Å². The van der Waals surface area contributed by atoms with Crippen molar-refractivity contribution in [3.05, 3.63) is 58.3 Å². The topological polar surface area (TPSA) is 126 Å². The van der Waals surface area contributed by atoms with Gasteiger partial charge in [0, 0.05) is 30.1 Å². The number of nitrogens with one attached hydrogen (secondary N) is 1. The monoisotopic (exact) mass is 575 g/mol. The summed E-state index contributed by atoms with van der Waals surface area (Å²) in [5, 5.41) is 4.74. The molecule has 36 heavy (non-hydrogen) atoms. The van der Waals surface area contributed by atoms with Crippen molar-refractivity contribution in [3.8, 4) is 0 Å². The Morgan fingerprint density at radius 2 is 1.97 bits per heavy atom. The summed E-state index contributed by atoms with van der Waals surface area (Å²) in [4.78, 5) is 22.6. The molecule has 2 aliphatic heterocycles. The number of anilines is 1. The molecule has 0 saturated carbocycles. The van der Waals surface area contributed by atoms with Crippen LogP contribution >= 0.6 is 15.9 Å². The molecular formula is C24H30BrN7O3S. The lowest BCUT2D eigenvalue weighted by Crippen LogP contribution is -2.46. The zero-order valence-corrected chi connectivity index (χ0v) is 22.5. The number of hydrogen-bond acceptors (Lipinski definition) is 7. The molecule has 2 fully saturated rings. The first kappa shape index (κ1) is 25.1. The van der Waals surface area contributed by atoms with Crippen LogP contribution in [0.25, 0.3) is 5.65 Å². The van der Waals surface area contributed by atoms with Crippen molar-refractivity contribution in [2.75, 3.05) is 30.8 Å². The van der Waals surface area contributed by atoms with Crippen LogP contribution < -0.4 is 15.4 Å². The van der Waals surface area contributed by atoms with Gasteiger partial charge >= 0.3 is 0 Å². The van der Waals surface area contributed by atoms with E-state index in [1.807, 2.05) is 24.4 Å². The van der Waals surface area contributed by atoms with Gasteiger partial charge in [-0.05, 0) is 49.4 Å². The van der Waals surface area contributed by atoms with E-state index in [1.54, 1.807) is 27.6 Å². The predicted molar refractivity (Wildman–Crippen MR) is 141 cm³/mol. The number of carbonyl (C=O) groups excluding carboxylic acids is 1. The highest BCUT2D eigenvalue weighted by Gasteiger charge is 2.36. The second-order valence-electron chi connectivity index (χ2n) is 9.54. The maximum atomic E-state index is 13.9. The van der Waals surface area contributed by atoms with Crippen LogP contribution in [0.1, 0.15) is 49.0 Å². The number of imidazole rings is 1. The van der Waals surface area contributed by atoms with E-state index in [0.29, 0.717) is 22.2 Å². The predicted octanol–water partition coefficient (Wildman–Crippen LogP) is 2.37. The largest absolute Gasteiger partial charge is 0.354 e. The van der Waals surface area contributed by atoms with Gasteiger partial charge in [-0.2, -0.15) is 4.72 Å². The number of hydrogen-bond donors (Lipinski definition) is 2. The molecular weight excluding hydrogens is 546 g/mol. The van der Waals surface area contributed by atoms with Crippen LogP contribution in [0.4, 0.5) is 5.82 Å². The Balaban J connectivity index is 1.46. The number of piperidine rings is 1. The van der Waals surface area contributed by atoms with Crippen LogP contribution in [0.3, 0.4) is 0 Å². The maximum Gasteiger partial charge on any atom is 0.245 e. The highest BCUT2D eigenvalue weighted by molar-refractivity contribution is 9.10. The fourth-order valence-corrected chi connectivity index (χ4v) is 6.22. The summed E-state index contributed by atoms with van der Waals surface area (Å²) in [7, 11) is -3.65. The first-order valence-electron chi connectivity index (χ1n) is 12.1. The number of fused-ring (bicyclic) bond motifs is 1. The summed E-state index contributed by atoms with van der Waals surface area (Å²) < 4.78 is 29.4. The smallest absolute Gasteiger partial charge is 0.245 e. The number of likely N-dealkylation sites (tertiary alicyclic amines) is 1. The number of rotatable bonds is 6. The molecule has 1 amide bonds.